The summed E-state index contributed by atoms with van der Waals surface area (Å²) in [6.45, 7) is 1.80. The molecule has 1 saturated heterocycles. The highest BCUT2D eigenvalue weighted by molar-refractivity contribution is 7.92. The summed E-state index contributed by atoms with van der Waals surface area (Å²) in [6, 6.07) is 7.63. The minimum Gasteiger partial charge on any atom is -0.380 e. The van der Waals surface area contributed by atoms with Crippen LogP contribution in [0, 0.1) is 0 Å². The van der Waals surface area contributed by atoms with Gasteiger partial charge >= 0.3 is 0 Å². The largest absolute Gasteiger partial charge is 0.380 e. The molecule has 0 radical (unpaired) electrons. The van der Waals surface area contributed by atoms with Crippen molar-refractivity contribution in [2.24, 2.45) is 0 Å². The summed E-state index contributed by atoms with van der Waals surface area (Å²) >= 11 is 0. The highest BCUT2D eigenvalue weighted by Gasteiger charge is 2.48. The SMILES string of the molecule is COCc1ccccc1CNC(=O)C1(S(C)(=O)=O)CCNCC1. The number of ether oxygens (including phenoxy) is 1. The number of hydrogen-bond donors (Lipinski definition) is 2. The molecule has 23 heavy (non-hydrogen) atoms. The number of piperidine rings is 1. The van der Waals surface area contributed by atoms with Crippen molar-refractivity contribution in [1.29, 1.82) is 0 Å². The Balaban J connectivity index is 2.14. The first-order valence-corrected chi connectivity index (χ1v) is 9.54. The molecule has 1 fully saturated rings. The van der Waals surface area contributed by atoms with E-state index in [0.717, 1.165) is 17.4 Å². The average molecular weight is 340 g/mol. The second kappa shape index (κ2) is 7.42. The Hall–Kier alpha value is -1.44. The number of benzene rings is 1. The Morgan fingerprint density at radius 3 is 2.43 bits per heavy atom. The third-order valence-corrected chi connectivity index (χ3v) is 6.41. The van der Waals surface area contributed by atoms with E-state index in [-0.39, 0.29) is 0 Å². The quantitative estimate of drug-likeness (QED) is 0.793. The Kier molecular flexibility index (Phi) is 5.78. The van der Waals surface area contributed by atoms with E-state index in [1.807, 2.05) is 24.3 Å². The Labute approximate surface area is 137 Å². The monoisotopic (exact) mass is 340 g/mol. The molecule has 0 atom stereocenters. The molecule has 1 aromatic rings. The highest BCUT2D eigenvalue weighted by atomic mass is 32.2. The lowest BCUT2D eigenvalue weighted by Crippen LogP contribution is -2.57. The van der Waals surface area contributed by atoms with Crippen molar-refractivity contribution in [1.82, 2.24) is 10.6 Å². The molecule has 1 aromatic carbocycles. The predicted octanol–water partition coefficient (Wildman–Crippen LogP) is 0.616. The van der Waals surface area contributed by atoms with Gasteiger partial charge < -0.3 is 15.4 Å². The van der Waals surface area contributed by atoms with Crippen LogP contribution in [-0.4, -0.2) is 45.5 Å². The molecular weight excluding hydrogens is 316 g/mol. The molecular formula is C16H24N2O4S. The van der Waals surface area contributed by atoms with E-state index in [4.69, 9.17) is 4.74 Å². The molecule has 1 aliphatic heterocycles. The number of carbonyl (C=O) groups excluding carboxylic acids is 1. The molecule has 0 saturated carbocycles. The van der Waals surface area contributed by atoms with Gasteiger partial charge in [0, 0.05) is 19.9 Å². The van der Waals surface area contributed by atoms with E-state index in [1.54, 1.807) is 7.11 Å². The topological polar surface area (TPSA) is 84.5 Å². The van der Waals surface area contributed by atoms with Crippen LogP contribution in [0.5, 0.6) is 0 Å². The summed E-state index contributed by atoms with van der Waals surface area (Å²) in [7, 11) is -1.87. The number of rotatable bonds is 6. The zero-order chi connectivity index (χ0) is 16.9. The number of methoxy groups -OCH3 is 1. The van der Waals surface area contributed by atoms with Gasteiger partial charge in [0.25, 0.3) is 0 Å². The molecule has 0 unspecified atom stereocenters. The number of sulfone groups is 1. The van der Waals surface area contributed by atoms with Crippen LogP contribution in [0.15, 0.2) is 24.3 Å². The molecule has 1 aliphatic rings. The maximum atomic E-state index is 12.7. The van der Waals surface area contributed by atoms with Gasteiger partial charge in [-0.3, -0.25) is 4.79 Å². The first-order valence-electron chi connectivity index (χ1n) is 7.65. The first kappa shape index (κ1) is 17.9. The fraction of sp³-hybridized carbons (Fsp3) is 0.562. The zero-order valence-electron chi connectivity index (χ0n) is 13.6. The molecule has 0 spiro atoms. The molecule has 0 aliphatic carbocycles. The van der Waals surface area contributed by atoms with E-state index in [2.05, 4.69) is 10.6 Å². The minimum absolute atomic E-state index is 0.295. The number of carbonyl (C=O) groups is 1. The molecule has 2 N–H and O–H groups in total. The Morgan fingerprint density at radius 1 is 1.26 bits per heavy atom. The maximum absolute atomic E-state index is 12.7. The zero-order valence-corrected chi connectivity index (χ0v) is 14.4. The molecule has 2 rings (SSSR count). The summed E-state index contributed by atoms with van der Waals surface area (Å²) < 4.78 is 28.3. The van der Waals surface area contributed by atoms with Crippen LogP contribution in [-0.2, 0) is 32.5 Å². The lowest BCUT2D eigenvalue weighted by molar-refractivity contribution is -0.124. The summed E-state index contributed by atoms with van der Waals surface area (Å²) in [6.07, 6.45) is 1.76. The molecule has 0 aromatic heterocycles. The maximum Gasteiger partial charge on any atom is 0.241 e. The van der Waals surface area contributed by atoms with Gasteiger partial charge in [-0.05, 0) is 37.1 Å². The minimum atomic E-state index is -3.49. The van der Waals surface area contributed by atoms with E-state index < -0.39 is 20.5 Å². The van der Waals surface area contributed by atoms with Crippen LogP contribution in [0.4, 0.5) is 0 Å². The average Bonchev–Trinajstić information content (AvgIpc) is 2.53. The van der Waals surface area contributed by atoms with Gasteiger partial charge in [-0.1, -0.05) is 24.3 Å². The van der Waals surface area contributed by atoms with E-state index >= 15 is 0 Å². The van der Waals surface area contributed by atoms with Gasteiger partial charge in [0.05, 0.1) is 6.61 Å². The fourth-order valence-electron chi connectivity index (χ4n) is 2.96. The second-order valence-corrected chi connectivity index (χ2v) is 8.23. The predicted molar refractivity (Wildman–Crippen MR) is 88.7 cm³/mol. The third kappa shape index (κ3) is 3.91. The van der Waals surface area contributed by atoms with Crippen LogP contribution < -0.4 is 10.6 Å². The lowest BCUT2D eigenvalue weighted by atomic mass is 9.95. The summed E-state index contributed by atoms with van der Waals surface area (Å²) in [5.74, 6) is -0.409. The third-order valence-electron chi connectivity index (χ3n) is 4.39. The summed E-state index contributed by atoms with van der Waals surface area (Å²) in [5.41, 5.74) is 1.91. The van der Waals surface area contributed by atoms with E-state index in [1.165, 1.54) is 0 Å². The van der Waals surface area contributed by atoms with Crippen molar-refractivity contribution in [3.8, 4) is 0 Å². The first-order chi connectivity index (χ1) is 10.9. The van der Waals surface area contributed by atoms with Crippen LogP contribution in [0.1, 0.15) is 24.0 Å². The van der Waals surface area contributed by atoms with E-state index in [0.29, 0.717) is 39.1 Å². The van der Waals surface area contributed by atoms with E-state index in [9.17, 15) is 13.2 Å². The lowest BCUT2D eigenvalue weighted by Gasteiger charge is -2.34. The van der Waals surface area contributed by atoms with Crippen molar-refractivity contribution in [2.45, 2.75) is 30.7 Å². The van der Waals surface area contributed by atoms with Crippen LogP contribution in [0.3, 0.4) is 0 Å². The highest BCUT2D eigenvalue weighted by Crippen LogP contribution is 2.28. The molecule has 1 heterocycles. The Morgan fingerprint density at radius 2 is 1.87 bits per heavy atom. The Bertz CT molecular complexity index is 652. The molecule has 128 valence electrons. The smallest absolute Gasteiger partial charge is 0.241 e. The van der Waals surface area contributed by atoms with Crippen molar-refractivity contribution in [3.63, 3.8) is 0 Å². The van der Waals surface area contributed by atoms with Crippen LogP contribution >= 0.6 is 0 Å². The molecule has 7 heteroatoms. The van der Waals surface area contributed by atoms with Gasteiger partial charge in [-0.25, -0.2) is 8.42 Å². The number of hydrogen-bond acceptors (Lipinski definition) is 5. The van der Waals surface area contributed by atoms with Crippen LogP contribution in [0.2, 0.25) is 0 Å². The normalized spacial score (nSPS) is 17.7. The van der Waals surface area contributed by atoms with Gasteiger partial charge in [-0.2, -0.15) is 0 Å². The second-order valence-electron chi connectivity index (χ2n) is 5.90. The number of nitrogens with one attached hydrogen (secondary N) is 2. The van der Waals surface area contributed by atoms with Crippen molar-refractivity contribution in [3.05, 3.63) is 35.4 Å². The van der Waals surface area contributed by atoms with Crippen molar-refractivity contribution < 1.29 is 17.9 Å². The van der Waals surface area contributed by atoms with Gasteiger partial charge in [0.1, 0.15) is 0 Å². The molecule has 6 nitrogen and oxygen atoms in total. The fourth-order valence-corrected chi connectivity index (χ4v) is 4.31. The standard InChI is InChI=1S/C16H24N2O4S/c1-22-12-14-6-4-3-5-13(14)11-18-15(19)16(23(2,20)21)7-9-17-10-8-16/h3-6,17H,7-12H2,1-2H3,(H,18,19). The van der Waals surface area contributed by atoms with Gasteiger partial charge in [0.2, 0.25) is 5.91 Å². The van der Waals surface area contributed by atoms with Crippen LogP contribution in [0.25, 0.3) is 0 Å². The number of amides is 1. The van der Waals surface area contributed by atoms with Gasteiger partial charge in [-0.15, -0.1) is 0 Å². The van der Waals surface area contributed by atoms with Crippen molar-refractivity contribution >= 4 is 15.7 Å². The molecule has 0 bridgehead atoms. The summed E-state index contributed by atoms with van der Waals surface area (Å²) in [4.78, 5) is 12.7. The van der Waals surface area contributed by atoms with Gasteiger partial charge in [0.15, 0.2) is 14.6 Å². The molecule has 1 amide bonds. The van der Waals surface area contributed by atoms with Crippen molar-refractivity contribution in [2.75, 3.05) is 26.5 Å². The summed E-state index contributed by atoms with van der Waals surface area (Å²) in [5, 5.41) is 5.92.